The van der Waals surface area contributed by atoms with Gasteiger partial charge in [-0.25, -0.2) is 0 Å². The molecule has 0 spiro atoms. The Morgan fingerprint density at radius 3 is 2.14 bits per heavy atom. The maximum Gasteiger partial charge on any atom is 0.132 e. The van der Waals surface area contributed by atoms with Crippen LogP contribution in [0, 0.1) is 0 Å². The highest BCUT2D eigenvalue weighted by Crippen LogP contribution is 2.40. The number of phenolic OH excluding ortho intramolecular Hbond substituents is 2. The second-order valence-electron chi connectivity index (χ2n) is 2.67. The lowest BCUT2D eigenvalue weighted by molar-refractivity contribution is 0.257. The summed E-state index contributed by atoms with van der Waals surface area (Å²) in [7, 11) is 1.43. The quantitative estimate of drug-likeness (QED) is 0.667. The summed E-state index contributed by atoms with van der Waals surface area (Å²) in [5.41, 5.74) is -0.834. The van der Waals surface area contributed by atoms with Crippen LogP contribution >= 0.6 is 11.8 Å². The number of methoxy groups -OCH3 is 1. The molecule has 0 aliphatic rings. The summed E-state index contributed by atoms with van der Waals surface area (Å²) >= 11 is 1.11. The molecule has 4 nitrogen and oxygen atoms in total. The van der Waals surface area contributed by atoms with Crippen LogP contribution in [0.25, 0.3) is 0 Å². The predicted molar refractivity (Wildman–Crippen MR) is 54.8 cm³/mol. The van der Waals surface area contributed by atoms with Gasteiger partial charge in [-0.1, -0.05) is 0 Å². The van der Waals surface area contributed by atoms with Crippen molar-refractivity contribution in [1.29, 1.82) is 0 Å². The monoisotopic (exact) mass is 216 g/mol. The first kappa shape index (κ1) is 11.0. The molecule has 0 saturated heterocycles. The van der Waals surface area contributed by atoms with E-state index in [4.69, 9.17) is 4.74 Å². The first-order valence-electron chi connectivity index (χ1n) is 3.91. The first-order chi connectivity index (χ1) is 6.60. The summed E-state index contributed by atoms with van der Waals surface area (Å²) in [5.74, 6) is -0.00977. The van der Waals surface area contributed by atoms with E-state index in [1.165, 1.54) is 19.2 Å². The van der Waals surface area contributed by atoms with E-state index in [2.05, 4.69) is 0 Å². The average Bonchev–Trinajstić information content (AvgIpc) is 2.16. The normalized spacial score (nSPS) is 12.5. The van der Waals surface area contributed by atoms with Gasteiger partial charge in [0.15, 0.2) is 0 Å². The highest BCUT2D eigenvalue weighted by molar-refractivity contribution is 7.98. The van der Waals surface area contributed by atoms with Gasteiger partial charge in [-0.05, 0) is 6.26 Å². The topological polar surface area (TPSA) is 69.9 Å². The minimum absolute atomic E-state index is 0.110. The van der Waals surface area contributed by atoms with Gasteiger partial charge < -0.3 is 20.1 Å². The molecule has 0 bridgehead atoms. The minimum Gasteiger partial charge on any atom is -0.507 e. The SMILES string of the molecule is COc1cc(O)c(C(O)SC)c(O)c1. The third kappa shape index (κ3) is 2.05. The Labute approximate surface area is 86.1 Å². The van der Waals surface area contributed by atoms with E-state index in [0.29, 0.717) is 5.75 Å². The van der Waals surface area contributed by atoms with Gasteiger partial charge in [0.2, 0.25) is 0 Å². The molecule has 14 heavy (non-hydrogen) atoms. The van der Waals surface area contributed by atoms with Crippen LogP contribution in [0.4, 0.5) is 0 Å². The van der Waals surface area contributed by atoms with Crippen molar-refractivity contribution in [1.82, 2.24) is 0 Å². The second-order valence-corrected chi connectivity index (χ2v) is 3.59. The van der Waals surface area contributed by atoms with Crippen LogP contribution in [0.3, 0.4) is 0 Å². The molecule has 0 aromatic heterocycles. The lowest BCUT2D eigenvalue weighted by atomic mass is 10.2. The molecule has 0 amide bonds. The van der Waals surface area contributed by atoms with E-state index in [1.54, 1.807) is 6.26 Å². The van der Waals surface area contributed by atoms with Crippen molar-refractivity contribution in [2.24, 2.45) is 0 Å². The Kier molecular flexibility index (Phi) is 3.49. The first-order valence-corrected chi connectivity index (χ1v) is 5.19. The zero-order valence-electron chi connectivity index (χ0n) is 7.89. The van der Waals surface area contributed by atoms with E-state index in [1.807, 2.05) is 0 Å². The molecule has 1 rings (SSSR count). The lowest BCUT2D eigenvalue weighted by Crippen LogP contribution is -1.94. The molecular weight excluding hydrogens is 204 g/mol. The number of thioether (sulfide) groups is 1. The maximum atomic E-state index is 9.49. The third-order valence-electron chi connectivity index (χ3n) is 1.82. The van der Waals surface area contributed by atoms with Crippen LogP contribution in [0.15, 0.2) is 12.1 Å². The molecule has 0 radical (unpaired) electrons. The summed E-state index contributed by atoms with van der Waals surface area (Å²) in [6.07, 6.45) is 1.67. The van der Waals surface area contributed by atoms with Gasteiger partial charge in [-0.3, -0.25) is 0 Å². The highest BCUT2D eigenvalue weighted by atomic mass is 32.2. The second kappa shape index (κ2) is 4.43. The molecule has 1 aromatic carbocycles. The molecule has 1 atom stereocenters. The Balaban J connectivity index is 3.18. The fourth-order valence-electron chi connectivity index (χ4n) is 1.09. The number of rotatable bonds is 3. The van der Waals surface area contributed by atoms with Gasteiger partial charge in [0.05, 0.1) is 12.7 Å². The van der Waals surface area contributed by atoms with Gasteiger partial charge in [0.1, 0.15) is 22.7 Å². The molecule has 1 aromatic rings. The van der Waals surface area contributed by atoms with Gasteiger partial charge >= 0.3 is 0 Å². The number of aliphatic hydroxyl groups excluding tert-OH is 1. The molecule has 0 heterocycles. The van der Waals surface area contributed by atoms with Crippen LogP contribution in [-0.4, -0.2) is 28.7 Å². The van der Waals surface area contributed by atoms with Crippen LogP contribution in [-0.2, 0) is 0 Å². The fourth-order valence-corrected chi connectivity index (χ4v) is 1.56. The molecule has 5 heteroatoms. The van der Waals surface area contributed by atoms with Crippen molar-refractivity contribution in [3.8, 4) is 17.2 Å². The predicted octanol–water partition coefficient (Wildman–Crippen LogP) is 1.46. The van der Waals surface area contributed by atoms with Crippen LogP contribution in [0.2, 0.25) is 0 Å². The zero-order valence-corrected chi connectivity index (χ0v) is 8.71. The Bertz CT molecular complexity index is 304. The van der Waals surface area contributed by atoms with Crippen LogP contribution < -0.4 is 4.74 Å². The summed E-state index contributed by atoms with van der Waals surface area (Å²) in [6, 6.07) is 2.68. The molecule has 0 aliphatic carbocycles. The molecule has 0 aliphatic heterocycles. The smallest absolute Gasteiger partial charge is 0.132 e. The van der Waals surface area contributed by atoms with Gasteiger partial charge in [0.25, 0.3) is 0 Å². The van der Waals surface area contributed by atoms with E-state index in [9.17, 15) is 15.3 Å². The number of aromatic hydroxyl groups is 2. The Hall–Kier alpha value is -1.07. The van der Waals surface area contributed by atoms with Crippen molar-refractivity contribution in [3.63, 3.8) is 0 Å². The van der Waals surface area contributed by atoms with Crippen molar-refractivity contribution in [2.45, 2.75) is 5.44 Å². The van der Waals surface area contributed by atoms with Gasteiger partial charge in [-0.15, -0.1) is 11.8 Å². The van der Waals surface area contributed by atoms with Crippen molar-refractivity contribution in [3.05, 3.63) is 17.7 Å². The molecule has 3 N–H and O–H groups in total. The molecule has 0 saturated carbocycles. The summed E-state index contributed by atoms with van der Waals surface area (Å²) in [5, 5.41) is 28.4. The number of hydrogen-bond acceptors (Lipinski definition) is 5. The van der Waals surface area contributed by atoms with Crippen LogP contribution in [0.5, 0.6) is 17.2 Å². The van der Waals surface area contributed by atoms with Crippen LogP contribution in [0.1, 0.15) is 11.0 Å². The largest absolute Gasteiger partial charge is 0.507 e. The molecular formula is C9H12O4S. The summed E-state index contributed by atoms with van der Waals surface area (Å²) in [4.78, 5) is 0. The Morgan fingerprint density at radius 2 is 1.79 bits per heavy atom. The Morgan fingerprint density at radius 1 is 1.29 bits per heavy atom. The van der Waals surface area contributed by atoms with Gasteiger partial charge in [-0.2, -0.15) is 0 Å². The number of ether oxygens (including phenoxy) is 1. The molecule has 78 valence electrons. The number of benzene rings is 1. The number of aliphatic hydroxyl groups is 1. The number of phenols is 2. The highest BCUT2D eigenvalue weighted by Gasteiger charge is 2.17. The maximum absolute atomic E-state index is 9.49. The zero-order chi connectivity index (χ0) is 10.7. The van der Waals surface area contributed by atoms with E-state index >= 15 is 0 Å². The van der Waals surface area contributed by atoms with Crippen molar-refractivity contribution >= 4 is 11.8 Å². The van der Waals surface area contributed by atoms with E-state index in [-0.39, 0.29) is 17.1 Å². The summed E-state index contributed by atoms with van der Waals surface area (Å²) in [6.45, 7) is 0. The fraction of sp³-hybridized carbons (Fsp3) is 0.333. The molecule has 1 unspecified atom stereocenters. The summed E-state index contributed by atoms with van der Waals surface area (Å²) < 4.78 is 4.84. The van der Waals surface area contributed by atoms with Gasteiger partial charge in [0, 0.05) is 12.1 Å². The van der Waals surface area contributed by atoms with E-state index < -0.39 is 5.44 Å². The third-order valence-corrected chi connectivity index (χ3v) is 2.50. The minimum atomic E-state index is -0.944. The number of hydrogen-bond donors (Lipinski definition) is 3. The standard InChI is InChI=1S/C9H12O4S/c1-13-5-3-6(10)8(7(11)4-5)9(12)14-2/h3-4,9-12H,1-2H3. The molecule has 0 fully saturated rings. The average molecular weight is 216 g/mol. The van der Waals surface area contributed by atoms with Crippen molar-refractivity contribution < 1.29 is 20.1 Å². The lowest BCUT2D eigenvalue weighted by Gasteiger charge is -2.13. The van der Waals surface area contributed by atoms with E-state index in [0.717, 1.165) is 11.8 Å². The van der Waals surface area contributed by atoms with Crippen molar-refractivity contribution in [2.75, 3.05) is 13.4 Å².